The molecule has 0 spiro atoms. The molecule has 2 heterocycles. The molecule has 0 saturated heterocycles. The van der Waals surface area contributed by atoms with Crippen LogP contribution in [0.15, 0.2) is 70.0 Å². The number of aromatic nitrogens is 3. The smallest absolute Gasteiger partial charge is 0.408 e. The summed E-state index contributed by atoms with van der Waals surface area (Å²) in [6, 6.07) is 17.2. The molecule has 4 rings (SSSR count). The van der Waals surface area contributed by atoms with Gasteiger partial charge in [0, 0.05) is 17.4 Å². The van der Waals surface area contributed by atoms with Crippen LogP contribution < -0.4 is 11.1 Å². The van der Waals surface area contributed by atoms with Crippen LogP contribution in [0, 0.1) is 0 Å². The number of H-pyrrole nitrogens is 1. The first-order valence-corrected chi connectivity index (χ1v) is 7.52. The Labute approximate surface area is 137 Å². The average Bonchev–Trinajstić information content (AvgIpc) is 3.00. The fourth-order valence-corrected chi connectivity index (χ4v) is 2.48. The van der Waals surface area contributed by atoms with E-state index < -0.39 is 5.76 Å². The largest absolute Gasteiger partial charge is 0.417 e. The number of benzene rings is 2. The van der Waals surface area contributed by atoms with Crippen LogP contribution in [0.4, 0.5) is 5.69 Å². The maximum Gasteiger partial charge on any atom is 0.417 e. The molecule has 118 valence electrons. The second kappa shape index (κ2) is 6.00. The van der Waals surface area contributed by atoms with Crippen LogP contribution >= 0.6 is 0 Å². The van der Waals surface area contributed by atoms with Gasteiger partial charge in [-0.15, -0.1) is 0 Å². The lowest BCUT2D eigenvalue weighted by atomic mass is 10.2. The maximum atomic E-state index is 11.2. The van der Waals surface area contributed by atoms with E-state index in [0.29, 0.717) is 23.5 Å². The minimum Gasteiger partial charge on any atom is -0.408 e. The zero-order valence-electron chi connectivity index (χ0n) is 12.7. The van der Waals surface area contributed by atoms with Gasteiger partial charge in [0.15, 0.2) is 11.4 Å². The molecule has 6 nitrogen and oxygen atoms in total. The highest BCUT2D eigenvalue weighted by Crippen LogP contribution is 2.17. The summed E-state index contributed by atoms with van der Waals surface area (Å²) < 4.78 is 4.99. The number of nitrogens with zero attached hydrogens (tertiary/aromatic N) is 2. The van der Waals surface area contributed by atoms with Gasteiger partial charge in [-0.2, -0.15) is 0 Å². The molecule has 2 aromatic heterocycles. The van der Waals surface area contributed by atoms with Crippen molar-refractivity contribution >= 4 is 16.8 Å². The van der Waals surface area contributed by atoms with E-state index in [2.05, 4.69) is 20.3 Å². The van der Waals surface area contributed by atoms with Crippen LogP contribution in [-0.2, 0) is 6.54 Å². The van der Waals surface area contributed by atoms with E-state index >= 15 is 0 Å². The van der Waals surface area contributed by atoms with Crippen LogP contribution in [0.1, 0.15) is 5.69 Å². The minimum atomic E-state index is -0.453. The summed E-state index contributed by atoms with van der Waals surface area (Å²) in [6.45, 7) is 0.552. The lowest BCUT2D eigenvalue weighted by molar-refractivity contribution is 0.555. The Balaban J connectivity index is 1.53. The highest BCUT2D eigenvalue weighted by molar-refractivity contribution is 5.76. The van der Waals surface area contributed by atoms with Gasteiger partial charge in [-0.25, -0.2) is 14.8 Å². The van der Waals surface area contributed by atoms with Crippen molar-refractivity contribution < 1.29 is 4.42 Å². The Morgan fingerprint density at radius 1 is 1.08 bits per heavy atom. The highest BCUT2D eigenvalue weighted by Gasteiger charge is 2.04. The predicted octanol–water partition coefficient (Wildman–Crippen LogP) is 3.19. The van der Waals surface area contributed by atoms with E-state index in [-0.39, 0.29) is 0 Å². The summed E-state index contributed by atoms with van der Waals surface area (Å²) in [5, 5.41) is 3.29. The van der Waals surface area contributed by atoms with Crippen molar-refractivity contribution in [3.05, 3.63) is 77.0 Å². The maximum absolute atomic E-state index is 11.2. The number of anilines is 1. The molecule has 0 saturated carbocycles. The second-order valence-corrected chi connectivity index (χ2v) is 5.32. The third-order valence-electron chi connectivity index (χ3n) is 3.64. The standard InChI is InChI=1S/C18H14N4O2/c23-18-22-15-10-13(6-7-16(15)24-18)20-11-14-8-9-19-17(21-14)12-4-2-1-3-5-12/h1-10,20H,11H2,(H,22,23). The molecule has 2 N–H and O–H groups in total. The Bertz CT molecular complexity index is 1040. The first-order valence-electron chi connectivity index (χ1n) is 7.52. The Morgan fingerprint density at radius 2 is 1.96 bits per heavy atom. The second-order valence-electron chi connectivity index (χ2n) is 5.32. The summed E-state index contributed by atoms with van der Waals surface area (Å²) in [6.07, 6.45) is 1.75. The summed E-state index contributed by atoms with van der Waals surface area (Å²) in [5.41, 5.74) is 3.94. The van der Waals surface area contributed by atoms with Gasteiger partial charge in [-0.05, 0) is 24.3 Å². The van der Waals surface area contributed by atoms with Crippen molar-refractivity contribution in [2.45, 2.75) is 6.54 Å². The molecule has 0 fully saturated rings. The first-order chi connectivity index (χ1) is 11.8. The molecule has 0 unspecified atom stereocenters. The molecule has 0 aliphatic rings. The molecular formula is C18H14N4O2. The van der Waals surface area contributed by atoms with E-state index in [1.165, 1.54) is 0 Å². The van der Waals surface area contributed by atoms with Gasteiger partial charge < -0.3 is 9.73 Å². The summed E-state index contributed by atoms with van der Waals surface area (Å²) >= 11 is 0. The van der Waals surface area contributed by atoms with Crippen LogP contribution in [0.3, 0.4) is 0 Å². The lowest BCUT2D eigenvalue weighted by Crippen LogP contribution is -2.03. The van der Waals surface area contributed by atoms with Crippen LogP contribution in [-0.4, -0.2) is 15.0 Å². The topological polar surface area (TPSA) is 83.8 Å². The van der Waals surface area contributed by atoms with E-state index in [9.17, 15) is 4.79 Å². The molecule has 2 aromatic carbocycles. The highest BCUT2D eigenvalue weighted by atomic mass is 16.4. The van der Waals surface area contributed by atoms with Crippen LogP contribution in [0.5, 0.6) is 0 Å². The zero-order chi connectivity index (χ0) is 16.4. The zero-order valence-corrected chi connectivity index (χ0v) is 12.7. The SMILES string of the molecule is O=c1[nH]c2cc(NCc3ccnc(-c4ccccc4)n3)ccc2o1. The number of aromatic amines is 1. The summed E-state index contributed by atoms with van der Waals surface area (Å²) in [4.78, 5) is 22.7. The third-order valence-corrected chi connectivity index (χ3v) is 3.64. The predicted molar refractivity (Wildman–Crippen MR) is 91.6 cm³/mol. The Hall–Kier alpha value is -3.41. The van der Waals surface area contributed by atoms with Gasteiger partial charge in [0.05, 0.1) is 17.8 Å². The van der Waals surface area contributed by atoms with Crippen molar-refractivity contribution in [1.29, 1.82) is 0 Å². The van der Waals surface area contributed by atoms with Crippen molar-refractivity contribution in [2.75, 3.05) is 5.32 Å². The number of hydrogen-bond donors (Lipinski definition) is 2. The summed E-state index contributed by atoms with van der Waals surface area (Å²) in [5.74, 6) is 0.245. The van der Waals surface area contributed by atoms with Crippen molar-refractivity contribution in [3.8, 4) is 11.4 Å². The molecule has 0 bridgehead atoms. The molecule has 4 aromatic rings. The van der Waals surface area contributed by atoms with E-state index in [0.717, 1.165) is 16.9 Å². The molecule has 0 aliphatic heterocycles. The average molecular weight is 318 g/mol. The molecular weight excluding hydrogens is 304 g/mol. The fraction of sp³-hybridized carbons (Fsp3) is 0.0556. The molecule has 0 radical (unpaired) electrons. The number of rotatable bonds is 4. The van der Waals surface area contributed by atoms with Gasteiger partial charge in [-0.1, -0.05) is 30.3 Å². The molecule has 0 aliphatic carbocycles. The van der Waals surface area contributed by atoms with E-state index in [1.54, 1.807) is 12.3 Å². The minimum absolute atomic E-state index is 0.453. The Morgan fingerprint density at radius 3 is 2.83 bits per heavy atom. The van der Waals surface area contributed by atoms with Crippen molar-refractivity contribution in [3.63, 3.8) is 0 Å². The Kier molecular flexibility index (Phi) is 3.55. The summed E-state index contributed by atoms with van der Waals surface area (Å²) in [7, 11) is 0. The first kappa shape index (κ1) is 14.2. The normalized spacial score (nSPS) is 10.8. The lowest BCUT2D eigenvalue weighted by Gasteiger charge is -2.07. The fourth-order valence-electron chi connectivity index (χ4n) is 2.48. The molecule has 0 amide bonds. The third kappa shape index (κ3) is 2.89. The molecule has 0 atom stereocenters. The van der Waals surface area contributed by atoms with Crippen molar-refractivity contribution in [1.82, 2.24) is 15.0 Å². The number of hydrogen-bond acceptors (Lipinski definition) is 5. The van der Waals surface area contributed by atoms with Gasteiger partial charge in [0.2, 0.25) is 0 Å². The number of nitrogens with one attached hydrogen (secondary N) is 2. The number of fused-ring (bicyclic) bond motifs is 1. The van der Waals surface area contributed by atoms with Crippen molar-refractivity contribution in [2.24, 2.45) is 0 Å². The van der Waals surface area contributed by atoms with Gasteiger partial charge in [0.25, 0.3) is 0 Å². The number of oxazole rings is 1. The van der Waals surface area contributed by atoms with Crippen LogP contribution in [0.25, 0.3) is 22.5 Å². The monoisotopic (exact) mass is 318 g/mol. The van der Waals surface area contributed by atoms with Crippen LogP contribution in [0.2, 0.25) is 0 Å². The van der Waals surface area contributed by atoms with E-state index in [4.69, 9.17) is 4.42 Å². The molecule has 6 heteroatoms. The van der Waals surface area contributed by atoms with Gasteiger partial charge in [0.1, 0.15) is 0 Å². The van der Waals surface area contributed by atoms with Gasteiger partial charge >= 0.3 is 5.76 Å². The quantitative estimate of drug-likeness (QED) is 0.604. The van der Waals surface area contributed by atoms with E-state index in [1.807, 2.05) is 48.5 Å². The van der Waals surface area contributed by atoms with Gasteiger partial charge in [-0.3, -0.25) is 4.98 Å². The molecule has 24 heavy (non-hydrogen) atoms.